The maximum Gasteiger partial charge on any atom is 0.251 e. The van der Waals surface area contributed by atoms with Crippen molar-refractivity contribution >= 4 is 5.91 Å². The Hall–Kier alpha value is -1.35. The van der Waals surface area contributed by atoms with Crippen LogP contribution in [0.2, 0.25) is 0 Å². The van der Waals surface area contributed by atoms with Gasteiger partial charge in [-0.15, -0.1) is 0 Å². The SMILES string of the molecule is CCCCC(CN)NC(=O)c1cccc(C)c1. The summed E-state index contributed by atoms with van der Waals surface area (Å²) in [7, 11) is 0. The van der Waals surface area contributed by atoms with Gasteiger partial charge in [-0.2, -0.15) is 0 Å². The minimum Gasteiger partial charge on any atom is -0.348 e. The number of rotatable bonds is 6. The van der Waals surface area contributed by atoms with Crippen LogP contribution in [0.4, 0.5) is 0 Å². The van der Waals surface area contributed by atoms with Gasteiger partial charge in [0.05, 0.1) is 0 Å². The van der Waals surface area contributed by atoms with Gasteiger partial charge in [-0.05, 0) is 25.5 Å². The van der Waals surface area contributed by atoms with Gasteiger partial charge in [0.25, 0.3) is 5.91 Å². The lowest BCUT2D eigenvalue weighted by Crippen LogP contribution is -2.40. The Morgan fingerprint density at radius 2 is 2.24 bits per heavy atom. The molecule has 0 saturated carbocycles. The van der Waals surface area contributed by atoms with Crippen molar-refractivity contribution in [3.8, 4) is 0 Å². The van der Waals surface area contributed by atoms with Gasteiger partial charge in [-0.3, -0.25) is 4.79 Å². The number of carbonyl (C=O) groups is 1. The van der Waals surface area contributed by atoms with Gasteiger partial charge in [0.2, 0.25) is 0 Å². The molecule has 0 fully saturated rings. The minimum absolute atomic E-state index is 0.0275. The standard InChI is InChI=1S/C14H22N2O/c1-3-4-8-13(10-15)16-14(17)12-7-5-6-11(2)9-12/h5-7,9,13H,3-4,8,10,15H2,1-2H3,(H,16,17). The second kappa shape index (κ2) is 7.07. The maximum atomic E-state index is 12.0. The third-order valence-corrected chi connectivity index (χ3v) is 2.81. The van der Waals surface area contributed by atoms with Gasteiger partial charge in [-0.25, -0.2) is 0 Å². The zero-order valence-corrected chi connectivity index (χ0v) is 10.7. The Balaban J connectivity index is 2.58. The molecule has 1 amide bonds. The van der Waals surface area contributed by atoms with Crippen molar-refractivity contribution in [2.24, 2.45) is 5.73 Å². The van der Waals surface area contributed by atoms with Crippen molar-refractivity contribution in [3.63, 3.8) is 0 Å². The van der Waals surface area contributed by atoms with E-state index >= 15 is 0 Å². The highest BCUT2D eigenvalue weighted by Crippen LogP contribution is 2.05. The number of nitrogens with one attached hydrogen (secondary N) is 1. The van der Waals surface area contributed by atoms with E-state index in [1.807, 2.05) is 31.2 Å². The van der Waals surface area contributed by atoms with E-state index in [2.05, 4.69) is 12.2 Å². The van der Waals surface area contributed by atoms with E-state index in [0.717, 1.165) is 24.8 Å². The van der Waals surface area contributed by atoms with Crippen LogP contribution in [-0.4, -0.2) is 18.5 Å². The van der Waals surface area contributed by atoms with Crippen molar-refractivity contribution in [2.45, 2.75) is 39.2 Å². The predicted octanol–water partition coefficient (Wildman–Crippen LogP) is 2.24. The molecule has 0 spiro atoms. The molecule has 94 valence electrons. The first-order chi connectivity index (χ1) is 8.17. The molecule has 0 aromatic heterocycles. The second-order valence-electron chi connectivity index (χ2n) is 4.42. The van der Waals surface area contributed by atoms with Gasteiger partial charge >= 0.3 is 0 Å². The highest BCUT2D eigenvalue weighted by atomic mass is 16.1. The number of amides is 1. The number of carbonyl (C=O) groups excluding carboxylic acids is 1. The van der Waals surface area contributed by atoms with Crippen molar-refractivity contribution in [2.75, 3.05) is 6.54 Å². The van der Waals surface area contributed by atoms with E-state index in [9.17, 15) is 4.79 Å². The molecule has 17 heavy (non-hydrogen) atoms. The average Bonchev–Trinajstić information content (AvgIpc) is 2.34. The zero-order valence-electron chi connectivity index (χ0n) is 10.7. The van der Waals surface area contributed by atoms with Gasteiger partial charge in [-0.1, -0.05) is 37.5 Å². The summed E-state index contributed by atoms with van der Waals surface area (Å²) in [5.41, 5.74) is 7.46. The molecule has 1 aromatic carbocycles. The highest BCUT2D eigenvalue weighted by Gasteiger charge is 2.11. The summed E-state index contributed by atoms with van der Waals surface area (Å²) in [6.45, 7) is 4.61. The van der Waals surface area contributed by atoms with Crippen LogP contribution in [0.15, 0.2) is 24.3 Å². The Labute approximate surface area is 103 Å². The quantitative estimate of drug-likeness (QED) is 0.793. The van der Waals surface area contributed by atoms with Crippen molar-refractivity contribution in [3.05, 3.63) is 35.4 Å². The van der Waals surface area contributed by atoms with Gasteiger partial charge < -0.3 is 11.1 Å². The number of benzene rings is 1. The molecule has 1 unspecified atom stereocenters. The number of hydrogen-bond acceptors (Lipinski definition) is 2. The Morgan fingerprint density at radius 1 is 1.47 bits per heavy atom. The van der Waals surface area contributed by atoms with E-state index in [-0.39, 0.29) is 11.9 Å². The molecule has 1 aromatic rings. The molecule has 0 radical (unpaired) electrons. The molecule has 3 nitrogen and oxygen atoms in total. The molecular weight excluding hydrogens is 212 g/mol. The third-order valence-electron chi connectivity index (χ3n) is 2.81. The summed E-state index contributed by atoms with van der Waals surface area (Å²) in [5, 5.41) is 2.98. The van der Waals surface area contributed by atoms with Crippen molar-refractivity contribution < 1.29 is 4.79 Å². The largest absolute Gasteiger partial charge is 0.348 e. The molecule has 1 atom stereocenters. The molecule has 0 heterocycles. The van der Waals surface area contributed by atoms with E-state index < -0.39 is 0 Å². The fraction of sp³-hybridized carbons (Fsp3) is 0.500. The van der Waals surface area contributed by atoms with E-state index in [1.54, 1.807) is 0 Å². The minimum atomic E-state index is -0.0275. The fourth-order valence-electron chi connectivity index (χ4n) is 1.75. The first-order valence-electron chi connectivity index (χ1n) is 6.25. The van der Waals surface area contributed by atoms with Crippen molar-refractivity contribution in [1.29, 1.82) is 0 Å². The molecule has 0 aliphatic rings. The molecule has 3 N–H and O–H groups in total. The molecule has 1 rings (SSSR count). The van der Waals surface area contributed by atoms with Crippen LogP contribution in [0.3, 0.4) is 0 Å². The summed E-state index contributed by atoms with van der Waals surface area (Å²) in [5.74, 6) is -0.0275. The van der Waals surface area contributed by atoms with Crippen molar-refractivity contribution in [1.82, 2.24) is 5.32 Å². The molecule has 3 heteroatoms. The lowest BCUT2D eigenvalue weighted by molar-refractivity contribution is 0.0935. The molecule has 0 aliphatic heterocycles. The number of unbranched alkanes of at least 4 members (excludes halogenated alkanes) is 1. The third kappa shape index (κ3) is 4.57. The Bertz CT molecular complexity index is 363. The lowest BCUT2D eigenvalue weighted by Gasteiger charge is -2.16. The lowest BCUT2D eigenvalue weighted by atomic mass is 10.1. The van der Waals surface area contributed by atoms with Crippen LogP contribution in [0.5, 0.6) is 0 Å². The van der Waals surface area contributed by atoms with Crippen LogP contribution in [0, 0.1) is 6.92 Å². The second-order valence-corrected chi connectivity index (χ2v) is 4.42. The highest BCUT2D eigenvalue weighted by molar-refractivity contribution is 5.94. The summed E-state index contributed by atoms with van der Waals surface area (Å²) in [6.07, 6.45) is 3.16. The van der Waals surface area contributed by atoms with Crippen LogP contribution in [0.25, 0.3) is 0 Å². The van der Waals surface area contributed by atoms with Crippen LogP contribution >= 0.6 is 0 Å². The van der Waals surface area contributed by atoms with Gasteiger partial charge in [0.1, 0.15) is 0 Å². The fourth-order valence-corrected chi connectivity index (χ4v) is 1.75. The van der Waals surface area contributed by atoms with Crippen LogP contribution in [-0.2, 0) is 0 Å². The summed E-state index contributed by atoms with van der Waals surface area (Å²) >= 11 is 0. The van der Waals surface area contributed by atoms with E-state index in [1.165, 1.54) is 0 Å². The van der Waals surface area contributed by atoms with Crippen LogP contribution in [0.1, 0.15) is 42.1 Å². The maximum absolute atomic E-state index is 12.0. The van der Waals surface area contributed by atoms with Crippen LogP contribution < -0.4 is 11.1 Å². The zero-order chi connectivity index (χ0) is 12.7. The summed E-state index contributed by atoms with van der Waals surface area (Å²) in [6, 6.07) is 7.68. The number of hydrogen-bond donors (Lipinski definition) is 2. The molecule has 0 bridgehead atoms. The Morgan fingerprint density at radius 3 is 2.82 bits per heavy atom. The topological polar surface area (TPSA) is 55.1 Å². The number of aryl methyl sites for hydroxylation is 1. The Kier molecular flexibility index (Phi) is 5.70. The van der Waals surface area contributed by atoms with Gasteiger partial charge in [0, 0.05) is 18.2 Å². The van der Waals surface area contributed by atoms with Gasteiger partial charge in [0.15, 0.2) is 0 Å². The monoisotopic (exact) mass is 234 g/mol. The molecular formula is C14H22N2O. The number of nitrogens with two attached hydrogens (primary N) is 1. The normalized spacial score (nSPS) is 12.2. The van der Waals surface area contributed by atoms with E-state index in [4.69, 9.17) is 5.73 Å². The first-order valence-corrected chi connectivity index (χ1v) is 6.25. The average molecular weight is 234 g/mol. The first kappa shape index (κ1) is 13.7. The predicted molar refractivity (Wildman–Crippen MR) is 71.0 cm³/mol. The molecule has 0 saturated heterocycles. The smallest absolute Gasteiger partial charge is 0.251 e. The molecule has 0 aliphatic carbocycles. The van der Waals surface area contributed by atoms with E-state index in [0.29, 0.717) is 12.1 Å². The summed E-state index contributed by atoms with van der Waals surface area (Å²) in [4.78, 5) is 12.0. The summed E-state index contributed by atoms with van der Waals surface area (Å²) < 4.78 is 0.